The van der Waals surface area contributed by atoms with Crippen LogP contribution >= 0.6 is 0 Å². The van der Waals surface area contributed by atoms with Crippen molar-refractivity contribution in [1.29, 1.82) is 0 Å². The molecule has 1 saturated heterocycles. The van der Waals surface area contributed by atoms with Crippen molar-refractivity contribution in [3.8, 4) is 22.3 Å². The molecule has 0 aromatic heterocycles. The Labute approximate surface area is 196 Å². The topological polar surface area (TPSA) is 18.5 Å². The Morgan fingerprint density at radius 1 is 0.794 bits per heavy atom. The van der Waals surface area contributed by atoms with Crippen molar-refractivity contribution in [2.24, 2.45) is 0 Å². The second-order valence-corrected chi connectivity index (χ2v) is 8.32. The first-order valence-corrected chi connectivity index (χ1v) is 11.3. The van der Waals surface area contributed by atoms with Gasteiger partial charge in [0, 0.05) is 23.5 Å². The van der Waals surface area contributed by atoms with E-state index < -0.39 is 29.2 Å². The number of hydrogen-bond donors (Lipinski definition) is 0. The summed E-state index contributed by atoms with van der Waals surface area (Å²) in [6.45, 7) is 5.89. The largest absolute Gasteiger partial charge is 0.352 e. The Kier molecular flexibility index (Phi) is 7.49. The molecule has 0 unspecified atom stereocenters. The highest BCUT2D eigenvalue weighted by atomic mass is 19.2. The maximum Gasteiger partial charge on any atom is 0.166 e. The molecular formula is C28H26F4O2. The molecule has 4 rings (SSSR count). The van der Waals surface area contributed by atoms with Crippen molar-refractivity contribution in [2.45, 2.75) is 38.4 Å². The van der Waals surface area contributed by atoms with E-state index in [2.05, 4.69) is 6.58 Å². The summed E-state index contributed by atoms with van der Waals surface area (Å²) >= 11 is 0. The van der Waals surface area contributed by atoms with Crippen LogP contribution in [-0.2, 0) is 15.9 Å². The number of halogens is 4. The molecule has 1 aliphatic heterocycles. The zero-order chi connectivity index (χ0) is 24.2. The van der Waals surface area contributed by atoms with Gasteiger partial charge in [0.25, 0.3) is 0 Å². The molecule has 1 fully saturated rings. The highest BCUT2D eigenvalue weighted by Crippen LogP contribution is 2.34. The van der Waals surface area contributed by atoms with Gasteiger partial charge < -0.3 is 9.47 Å². The van der Waals surface area contributed by atoms with Crippen molar-refractivity contribution in [2.75, 3.05) is 13.2 Å². The van der Waals surface area contributed by atoms with E-state index >= 15 is 0 Å². The summed E-state index contributed by atoms with van der Waals surface area (Å²) in [5.41, 5.74) is 1.58. The van der Waals surface area contributed by atoms with Gasteiger partial charge in [0.2, 0.25) is 0 Å². The van der Waals surface area contributed by atoms with Crippen LogP contribution in [0, 0.1) is 23.3 Å². The van der Waals surface area contributed by atoms with Gasteiger partial charge in [-0.25, -0.2) is 17.6 Å². The third kappa shape index (κ3) is 4.79. The predicted octanol–water partition coefficient (Wildman–Crippen LogP) is 7.56. The number of allylic oxidation sites excluding steroid dienone is 1. The smallest absolute Gasteiger partial charge is 0.166 e. The monoisotopic (exact) mass is 470 g/mol. The molecule has 0 amide bonds. The van der Waals surface area contributed by atoms with Crippen LogP contribution in [-0.4, -0.2) is 19.5 Å². The molecule has 0 aliphatic carbocycles. The van der Waals surface area contributed by atoms with E-state index in [0.29, 0.717) is 29.5 Å². The van der Waals surface area contributed by atoms with Crippen LogP contribution in [0.1, 0.15) is 36.8 Å². The number of benzene rings is 3. The molecule has 34 heavy (non-hydrogen) atoms. The van der Waals surface area contributed by atoms with Crippen LogP contribution in [0.15, 0.2) is 61.2 Å². The quantitative estimate of drug-likeness (QED) is 0.262. The van der Waals surface area contributed by atoms with Gasteiger partial charge in [0.15, 0.2) is 29.6 Å². The van der Waals surface area contributed by atoms with Crippen LogP contribution in [0.5, 0.6) is 0 Å². The van der Waals surface area contributed by atoms with E-state index in [1.54, 1.807) is 49.4 Å². The fourth-order valence-electron chi connectivity index (χ4n) is 4.16. The summed E-state index contributed by atoms with van der Waals surface area (Å²) in [7, 11) is 0. The van der Waals surface area contributed by atoms with Gasteiger partial charge in [0.1, 0.15) is 0 Å². The van der Waals surface area contributed by atoms with E-state index in [9.17, 15) is 17.6 Å². The lowest BCUT2D eigenvalue weighted by molar-refractivity contribution is -0.189. The van der Waals surface area contributed by atoms with E-state index in [1.807, 2.05) is 0 Å². The van der Waals surface area contributed by atoms with E-state index in [0.717, 1.165) is 6.42 Å². The molecule has 3 aromatic carbocycles. The van der Waals surface area contributed by atoms with E-state index in [-0.39, 0.29) is 36.2 Å². The first kappa shape index (κ1) is 24.2. The molecule has 0 N–H and O–H groups in total. The highest BCUT2D eigenvalue weighted by molar-refractivity contribution is 5.71. The molecule has 1 heterocycles. The average molecular weight is 471 g/mol. The summed E-state index contributed by atoms with van der Waals surface area (Å²) in [5, 5.41) is 0. The lowest BCUT2D eigenvalue weighted by atomic mass is 9.94. The summed E-state index contributed by atoms with van der Waals surface area (Å²) in [6, 6.07) is 12.4. The Bertz CT molecular complexity index is 1170. The number of rotatable bonds is 7. The van der Waals surface area contributed by atoms with Crippen LogP contribution in [0.4, 0.5) is 17.6 Å². The zero-order valence-corrected chi connectivity index (χ0v) is 18.9. The molecule has 0 bridgehead atoms. The van der Waals surface area contributed by atoms with Crippen molar-refractivity contribution < 1.29 is 27.0 Å². The molecule has 0 spiro atoms. The molecule has 178 valence electrons. The first-order chi connectivity index (χ1) is 16.4. The van der Waals surface area contributed by atoms with Crippen LogP contribution < -0.4 is 0 Å². The van der Waals surface area contributed by atoms with Crippen LogP contribution in [0.3, 0.4) is 0 Å². The summed E-state index contributed by atoms with van der Waals surface area (Å²) in [4.78, 5) is 0. The normalized spacial score (nSPS) is 18.1. The van der Waals surface area contributed by atoms with Crippen LogP contribution in [0.25, 0.3) is 22.3 Å². The standard InChI is InChI=1S/C28H26F4O2/c1-3-5-6-24-33-15-20(16-34-24)23-14-13-22(27(31)28(23)32)19-9-7-18(8-10-19)21-12-11-17(4-2)25(29)26(21)30/h3,7-14,20,24H,1,4-6,15-16H2,2H3. The lowest BCUT2D eigenvalue weighted by Crippen LogP contribution is -2.31. The molecular weight excluding hydrogens is 444 g/mol. The van der Waals surface area contributed by atoms with E-state index in [1.165, 1.54) is 12.1 Å². The van der Waals surface area contributed by atoms with Crippen molar-refractivity contribution >= 4 is 0 Å². The molecule has 6 heteroatoms. The van der Waals surface area contributed by atoms with Crippen molar-refractivity contribution in [3.05, 3.63) is 95.6 Å². The van der Waals surface area contributed by atoms with Gasteiger partial charge in [-0.2, -0.15) is 0 Å². The lowest BCUT2D eigenvalue weighted by Gasteiger charge is -2.30. The molecule has 0 radical (unpaired) electrons. The van der Waals surface area contributed by atoms with Gasteiger partial charge in [0.05, 0.1) is 13.2 Å². The second-order valence-electron chi connectivity index (χ2n) is 8.32. The Morgan fingerprint density at radius 2 is 1.35 bits per heavy atom. The third-order valence-electron chi connectivity index (χ3n) is 6.18. The fourth-order valence-corrected chi connectivity index (χ4v) is 4.16. The Hall–Kier alpha value is -2.96. The molecule has 1 aliphatic rings. The average Bonchev–Trinajstić information content (AvgIpc) is 2.87. The third-order valence-corrected chi connectivity index (χ3v) is 6.18. The Balaban J connectivity index is 1.54. The van der Waals surface area contributed by atoms with Gasteiger partial charge in [-0.1, -0.05) is 61.5 Å². The van der Waals surface area contributed by atoms with Crippen molar-refractivity contribution in [3.63, 3.8) is 0 Å². The number of ether oxygens (including phenoxy) is 2. The fraction of sp³-hybridized carbons (Fsp3) is 0.286. The summed E-state index contributed by atoms with van der Waals surface area (Å²) in [5.74, 6) is -4.10. The minimum absolute atomic E-state index is 0.0855. The summed E-state index contributed by atoms with van der Waals surface area (Å²) in [6.07, 6.45) is 3.21. The van der Waals surface area contributed by atoms with Crippen molar-refractivity contribution in [1.82, 2.24) is 0 Å². The maximum absolute atomic E-state index is 15.0. The number of hydrogen-bond acceptors (Lipinski definition) is 2. The minimum Gasteiger partial charge on any atom is -0.352 e. The van der Waals surface area contributed by atoms with Gasteiger partial charge in [-0.15, -0.1) is 6.58 Å². The van der Waals surface area contributed by atoms with Gasteiger partial charge in [-0.05, 0) is 35.1 Å². The van der Waals surface area contributed by atoms with Gasteiger partial charge >= 0.3 is 0 Å². The SMILES string of the molecule is C=CCCC1OCC(c2ccc(-c3ccc(-c4ccc(CC)c(F)c4F)cc3)c(F)c2F)CO1. The second kappa shape index (κ2) is 10.5. The first-order valence-electron chi connectivity index (χ1n) is 11.3. The molecule has 3 aromatic rings. The molecule has 2 nitrogen and oxygen atoms in total. The molecule has 0 atom stereocenters. The zero-order valence-electron chi connectivity index (χ0n) is 18.9. The maximum atomic E-state index is 15.0. The predicted molar refractivity (Wildman–Crippen MR) is 124 cm³/mol. The van der Waals surface area contributed by atoms with Crippen LogP contribution in [0.2, 0.25) is 0 Å². The summed E-state index contributed by atoms with van der Waals surface area (Å²) < 4.78 is 69.8. The minimum atomic E-state index is -0.969. The highest BCUT2D eigenvalue weighted by Gasteiger charge is 2.27. The molecule has 0 saturated carbocycles. The van der Waals surface area contributed by atoms with Gasteiger partial charge in [-0.3, -0.25) is 0 Å². The number of aryl methyl sites for hydroxylation is 1. The Morgan fingerprint density at radius 3 is 1.91 bits per heavy atom. The van der Waals surface area contributed by atoms with E-state index in [4.69, 9.17) is 9.47 Å².